The van der Waals surface area contributed by atoms with Gasteiger partial charge in [-0.3, -0.25) is 9.78 Å². The second-order valence-electron chi connectivity index (χ2n) is 6.09. The highest BCUT2D eigenvalue weighted by atomic mass is 32.2. The molecule has 1 aromatic heterocycles. The summed E-state index contributed by atoms with van der Waals surface area (Å²) in [7, 11) is -3.89. The molecule has 1 amide bonds. The van der Waals surface area contributed by atoms with E-state index in [0.717, 1.165) is 5.56 Å². The first-order chi connectivity index (χ1) is 13.2. The Morgan fingerprint density at radius 1 is 1.14 bits per heavy atom. The van der Waals surface area contributed by atoms with Gasteiger partial charge >= 0.3 is 0 Å². The minimum Gasteiger partial charge on any atom is -0.437 e. The lowest BCUT2D eigenvalue weighted by molar-refractivity contribution is 0.102. The number of anilines is 1. The summed E-state index contributed by atoms with van der Waals surface area (Å²) in [6.07, 6.45) is 4.48. The molecule has 0 bridgehead atoms. The van der Waals surface area contributed by atoms with Crippen molar-refractivity contribution in [3.63, 3.8) is 0 Å². The number of carbonyl (C=O) groups excluding carboxylic acids is 1. The Morgan fingerprint density at radius 3 is 2.61 bits per heavy atom. The molecule has 0 aliphatic rings. The number of rotatable bonds is 5. The Balaban J connectivity index is 1.86. The average molecular weight is 398 g/mol. The molecular weight excluding hydrogens is 380 g/mol. The number of aromatic nitrogens is 2. The van der Waals surface area contributed by atoms with Crippen molar-refractivity contribution in [1.29, 1.82) is 0 Å². The Kier molecular flexibility index (Phi) is 5.39. The van der Waals surface area contributed by atoms with E-state index in [0.29, 0.717) is 28.4 Å². The molecule has 0 saturated carbocycles. The van der Waals surface area contributed by atoms with Crippen molar-refractivity contribution < 1.29 is 17.9 Å². The van der Waals surface area contributed by atoms with Crippen LogP contribution in [-0.4, -0.2) is 24.3 Å². The number of aryl methyl sites for hydroxylation is 1. The quantitative estimate of drug-likeness (QED) is 0.681. The predicted octanol–water partition coefficient (Wildman–Crippen LogP) is 2.79. The zero-order chi connectivity index (χ0) is 20.3. The maximum atomic E-state index is 12.7. The van der Waals surface area contributed by atoms with Crippen LogP contribution < -0.4 is 15.2 Å². The number of ether oxygens (including phenoxy) is 1. The van der Waals surface area contributed by atoms with Gasteiger partial charge in [-0.25, -0.2) is 18.5 Å². The first kappa shape index (κ1) is 19.5. The zero-order valence-corrected chi connectivity index (χ0v) is 16.0. The molecule has 8 nitrogen and oxygen atoms in total. The summed E-state index contributed by atoms with van der Waals surface area (Å²) in [6, 6.07) is 9.33. The van der Waals surface area contributed by atoms with E-state index in [1.807, 2.05) is 0 Å². The minimum absolute atomic E-state index is 0.0642. The predicted molar refractivity (Wildman–Crippen MR) is 104 cm³/mol. The molecule has 3 aromatic rings. The lowest BCUT2D eigenvalue weighted by atomic mass is 10.1. The largest absolute Gasteiger partial charge is 0.437 e. The van der Waals surface area contributed by atoms with Gasteiger partial charge in [0.25, 0.3) is 5.91 Å². The fraction of sp³-hybridized carbons (Fsp3) is 0.105. The number of sulfonamides is 1. The van der Waals surface area contributed by atoms with Gasteiger partial charge in [-0.2, -0.15) is 0 Å². The van der Waals surface area contributed by atoms with E-state index in [1.165, 1.54) is 30.7 Å². The van der Waals surface area contributed by atoms with E-state index < -0.39 is 15.9 Å². The van der Waals surface area contributed by atoms with E-state index in [-0.39, 0.29) is 4.90 Å². The number of amides is 1. The van der Waals surface area contributed by atoms with Crippen molar-refractivity contribution in [2.24, 2.45) is 5.14 Å². The standard InChI is InChI=1S/C19H18N4O4S/c1-12-8-16(28(20,25)26)10-17(13(12)2)23-19(24)14-4-3-5-15(9-14)27-18-11-21-6-7-22-18/h3-11H,1-2H3,(H,23,24)(H2,20,25,26). The molecule has 0 unspecified atom stereocenters. The van der Waals surface area contributed by atoms with E-state index in [2.05, 4.69) is 15.3 Å². The average Bonchev–Trinajstić information content (AvgIpc) is 2.65. The normalized spacial score (nSPS) is 11.1. The molecule has 144 valence electrons. The second-order valence-corrected chi connectivity index (χ2v) is 7.65. The number of nitrogens with zero attached hydrogens (tertiary/aromatic N) is 2. The van der Waals surface area contributed by atoms with Crippen molar-refractivity contribution in [2.75, 3.05) is 5.32 Å². The topological polar surface area (TPSA) is 124 Å². The van der Waals surface area contributed by atoms with Crippen molar-refractivity contribution in [2.45, 2.75) is 18.7 Å². The fourth-order valence-corrected chi connectivity index (χ4v) is 3.10. The van der Waals surface area contributed by atoms with Gasteiger partial charge in [0, 0.05) is 23.6 Å². The van der Waals surface area contributed by atoms with E-state index in [9.17, 15) is 13.2 Å². The summed E-state index contributed by atoms with van der Waals surface area (Å²) in [5.41, 5.74) is 2.14. The third kappa shape index (κ3) is 4.51. The molecule has 9 heteroatoms. The van der Waals surface area contributed by atoms with Crippen LogP contribution in [0.15, 0.2) is 59.9 Å². The Morgan fingerprint density at radius 2 is 1.93 bits per heavy atom. The highest BCUT2D eigenvalue weighted by Gasteiger charge is 2.15. The second kappa shape index (κ2) is 7.75. The molecule has 0 aliphatic heterocycles. The molecule has 2 aromatic carbocycles. The lowest BCUT2D eigenvalue weighted by Gasteiger charge is -2.13. The summed E-state index contributed by atoms with van der Waals surface area (Å²) in [5.74, 6) is 0.297. The minimum atomic E-state index is -3.89. The van der Waals surface area contributed by atoms with Crippen LogP contribution in [0.25, 0.3) is 0 Å². The molecule has 0 atom stereocenters. The zero-order valence-electron chi connectivity index (χ0n) is 15.2. The Labute approximate surface area is 162 Å². The van der Waals surface area contributed by atoms with Crippen LogP contribution in [0.2, 0.25) is 0 Å². The van der Waals surface area contributed by atoms with Gasteiger partial charge in [-0.1, -0.05) is 6.07 Å². The van der Waals surface area contributed by atoms with Crippen LogP contribution in [0, 0.1) is 13.8 Å². The number of carbonyl (C=O) groups is 1. The maximum Gasteiger partial charge on any atom is 0.255 e. The van der Waals surface area contributed by atoms with Gasteiger partial charge < -0.3 is 10.1 Å². The molecule has 3 rings (SSSR count). The molecule has 0 aliphatic carbocycles. The summed E-state index contributed by atoms with van der Waals surface area (Å²) in [6.45, 7) is 3.53. The van der Waals surface area contributed by atoms with Crippen molar-refractivity contribution in [3.05, 3.63) is 71.7 Å². The first-order valence-electron chi connectivity index (χ1n) is 8.23. The third-order valence-corrected chi connectivity index (χ3v) is 4.97. The van der Waals surface area contributed by atoms with E-state index >= 15 is 0 Å². The van der Waals surface area contributed by atoms with Gasteiger partial charge in [0.2, 0.25) is 15.9 Å². The number of hydrogen-bond acceptors (Lipinski definition) is 6. The smallest absolute Gasteiger partial charge is 0.255 e. The first-order valence-corrected chi connectivity index (χ1v) is 9.78. The molecule has 0 radical (unpaired) electrons. The van der Waals surface area contributed by atoms with Crippen LogP contribution >= 0.6 is 0 Å². The number of nitrogens with one attached hydrogen (secondary N) is 1. The molecular formula is C19H18N4O4S. The summed E-state index contributed by atoms with van der Waals surface area (Å²) in [5, 5.41) is 7.94. The van der Waals surface area contributed by atoms with Crippen LogP contribution in [0.3, 0.4) is 0 Å². The molecule has 1 heterocycles. The van der Waals surface area contributed by atoms with E-state index in [4.69, 9.17) is 9.88 Å². The van der Waals surface area contributed by atoms with Crippen molar-refractivity contribution >= 4 is 21.6 Å². The van der Waals surface area contributed by atoms with Gasteiger partial charge in [-0.05, 0) is 55.3 Å². The van der Waals surface area contributed by atoms with E-state index in [1.54, 1.807) is 38.1 Å². The molecule has 0 saturated heterocycles. The summed E-state index contributed by atoms with van der Waals surface area (Å²) < 4.78 is 28.9. The van der Waals surface area contributed by atoms with Crippen LogP contribution in [-0.2, 0) is 10.0 Å². The summed E-state index contributed by atoms with van der Waals surface area (Å²) >= 11 is 0. The van der Waals surface area contributed by atoms with Crippen LogP contribution in [0.1, 0.15) is 21.5 Å². The number of hydrogen-bond donors (Lipinski definition) is 2. The SMILES string of the molecule is Cc1cc(S(N)(=O)=O)cc(NC(=O)c2cccc(Oc3cnccn3)c2)c1C. The van der Waals surface area contributed by atoms with Crippen LogP contribution in [0.5, 0.6) is 11.6 Å². The number of benzene rings is 2. The van der Waals surface area contributed by atoms with Gasteiger partial charge in [0.05, 0.1) is 11.1 Å². The van der Waals surface area contributed by atoms with Crippen LogP contribution in [0.4, 0.5) is 5.69 Å². The summed E-state index contributed by atoms with van der Waals surface area (Å²) in [4.78, 5) is 20.5. The van der Waals surface area contributed by atoms with Gasteiger partial charge in [-0.15, -0.1) is 0 Å². The molecule has 0 spiro atoms. The number of primary sulfonamides is 1. The molecule has 0 fully saturated rings. The Hall–Kier alpha value is -3.30. The third-order valence-electron chi connectivity index (χ3n) is 4.08. The van der Waals surface area contributed by atoms with Crippen molar-refractivity contribution in [1.82, 2.24) is 9.97 Å². The van der Waals surface area contributed by atoms with Gasteiger partial charge in [0.15, 0.2) is 0 Å². The number of nitrogens with two attached hydrogens (primary N) is 1. The highest BCUT2D eigenvalue weighted by molar-refractivity contribution is 7.89. The van der Waals surface area contributed by atoms with Crippen molar-refractivity contribution in [3.8, 4) is 11.6 Å². The highest BCUT2D eigenvalue weighted by Crippen LogP contribution is 2.25. The van der Waals surface area contributed by atoms with Gasteiger partial charge in [0.1, 0.15) is 5.75 Å². The molecule has 3 N–H and O–H groups in total. The maximum absolute atomic E-state index is 12.7. The fourth-order valence-electron chi connectivity index (χ4n) is 2.47. The monoisotopic (exact) mass is 398 g/mol. The lowest BCUT2D eigenvalue weighted by Crippen LogP contribution is -2.16. The Bertz CT molecular complexity index is 1130. The molecule has 28 heavy (non-hydrogen) atoms.